The number of carbonyl (C=O) groups excluding carboxylic acids is 2. The predicted molar refractivity (Wildman–Crippen MR) is 114 cm³/mol. The number of rotatable bonds is 5. The van der Waals surface area contributed by atoms with Crippen LogP contribution in [0.4, 0.5) is 15.2 Å². The number of nitro benzene ring substituents is 1. The van der Waals surface area contributed by atoms with Crippen LogP contribution in [0.5, 0.6) is 0 Å². The number of nitro groups is 1. The Morgan fingerprint density at radius 1 is 1.16 bits per heavy atom. The van der Waals surface area contributed by atoms with Crippen LogP contribution in [0.2, 0.25) is 0 Å². The van der Waals surface area contributed by atoms with Crippen molar-refractivity contribution in [2.75, 3.05) is 4.90 Å². The lowest BCUT2D eigenvalue weighted by atomic mass is 9.95. The Kier molecular flexibility index (Phi) is 5.49. The fourth-order valence-electron chi connectivity index (χ4n) is 3.37. The minimum atomic E-state index is -1.10. The van der Waals surface area contributed by atoms with E-state index in [9.17, 15) is 29.2 Å². The molecule has 1 saturated heterocycles. The van der Waals surface area contributed by atoms with E-state index in [-0.39, 0.29) is 22.0 Å². The van der Waals surface area contributed by atoms with Gasteiger partial charge in [-0.1, -0.05) is 18.3 Å². The van der Waals surface area contributed by atoms with E-state index in [1.165, 1.54) is 36.4 Å². The number of aromatic nitrogens is 2. The molecule has 1 aliphatic rings. The lowest BCUT2D eigenvalue weighted by Crippen LogP contribution is -2.29. The number of Topliss-reactive ketones (excluding diaryl/α,β-unsaturated/α-hetero) is 1. The molecule has 0 saturated carbocycles. The zero-order valence-corrected chi connectivity index (χ0v) is 17.4. The van der Waals surface area contributed by atoms with Crippen molar-refractivity contribution >= 4 is 39.6 Å². The summed E-state index contributed by atoms with van der Waals surface area (Å²) in [5.41, 5.74) is 0.0895. The average Bonchev–Trinajstić information content (AvgIpc) is 3.36. The molecule has 2 heterocycles. The molecule has 0 bridgehead atoms. The number of carbonyl (C=O) groups is 2. The predicted octanol–water partition coefficient (Wildman–Crippen LogP) is 3.77. The zero-order chi connectivity index (χ0) is 23.0. The van der Waals surface area contributed by atoms with Crippen molar-refractivity contribution in [3.8, 4) is 0 Å². The molecule has 1 aliphatic heterocycles. The van der Waals surface area contributed by atoms with Crippen LogP contribution in [0.3, 0.4) is 0 Å². The van der Waals surface area contributed by atoms with Gasteiger partial charge in [0.1, 0.15) is 16.6 Å². The first-order valence-corrected chi connectivity index (χ1v) is 10.3. The van der Waals surface area contributed by atoms with Gasteiger partial charge in [-0.2, -0.15) is 0 Å². The molecule has 1 atom stereocenters. The number of amides is 1. The fourth-order valence-corrected chi connectivity index (χ4v) is 4.18. The number of hydrogen-bond donors (Lipinski definition) is 1. The standard InChI is InChI=1S/C21H15FN4O5S/c1-2-15-23-24-21(32-15)25-17(11-5-9-14(10-6-11)26(30)31)16(19(28)20(25)29)18(27)12-3-7-13(22)8-4-12/h3-10,17,27H,2H2,1H3/b18-16+. The van der Waals surface area contributed by atoms with Gasteiger partial charge in [0, 0.05) is 17.7 Å². The minimum Gasteiger partial charge on any atom is -0.507 e. The lowest BCUT2D eigenvalue weighted by molar-refractivity contribution is -0.384. The summed E-state index contributed by atoms with van der Waals surface area (Å²) in [4.78, 5) is 37.5. The molecule has 1 unspecified atom stereocenters. The van der Waals surface area contributed by atoms with Crippen LogP contribution in [0.15, 0.2) is 54.1 Å². The van der Waals surface area contributed by atoms with E-state index in [0.717, 1.165) is 28.4 Å². The SMILES string of the molecule is CCc1nnc(N2C(=O)C(=O)/C(=C(/O)c3ccc(F)cc3)C2c2ccc([N+](=O)[O-])cc2)s1. The van der Waals surface area contributed by atoms with E-state index in [1.807, 2.05) is 6.92 Å². The van der Waals surface area contributed by atoms with Gasteiger partial charge in [-0.25, -0.2) is 4.39 Å². The Morgan fingerprint density at radius 3 is 2.38 bits per heavy atom. The number of hydrogen-bond acceptors (Lipinski definition) is 8. The van der Waals surface area contributed by atoms with E-state index < -0.39 is 34.2 Å². The van der Waals surface area contributed by atoms with Crippen molar-refractivity contribution in [3.05, 3.63) is 86.2 Å². The van der Waals surface area contributed by atoms with E-state index in [2.05, 4.69) is 10.2 Å². The van der Waals surface area contributed by atoms with E-state index in [4.69, 9.17) is 0 Å². The monoisotopic (exact) mass is 454 g/mol. The van der Waals surface area contributed by atoms with Crippen molar-refractivity contribution in [2.45, 2.75) is 19.4 Å². The largest absolute Gasteiger partial charge is 0.507 e. The molecule has 1 fully saturated rings. The molecule has 32 heavy (non-hydrogen) atoms. The van der Waals surface area contributed by atoms with Gasteiger partial charge in [0.05, 0.1) is 16.5 Å². The smallest absolute Gasteiger partial charge is 0.301 e. The number of aliphatic hydroxyl groups is 1. The number of aryl methyl sites for hydroxylation is 1. The highest BCUT2D eigenvalue weighted by molar-refractivity contribution is 7.15. The molecule has 1 N–H and O–H groups in total. The highest BCUT2D eigenvalue weighted by Crippen LogP contribution is 2.43. The molecule has 1 amide bonds. The van der Waals surface area contributed by atoms with Gasteiger partial charge in [-0.15, -0.1) is 10.2 Å². The maximum Gasteiger partial charge on any atom is 0.301 e. The van der Waals surface area contributed by atoms with Crippen molar-refractivity contribution in [1.29, 1.82) is 0 Å². The second-order valence-corrected chi connectivity index (χ2v) is 7.90. The van der Waals surface area contributed by atoms with Crippen LogP contribution in [-0.2, 0) is 16.0 Å². The number of non-ortho nitro benzene ring substituents is 1. The van der Waals surface area contributed by atoms with Crippen LogP contribution < -0.4 is 4.90 Å². The Labute approximate surface area is 184 Å². The molecule has 4 rings (SSSR count). The first-order chi connectivity index (χ1) is 15.3. The molecule has 0 radical (unpaired) electrons. The highest BCUT2D eigenvalue weighted by atomic mass is 32.1. The second kappa shape index (κ2) is 8.27. The van der Waals surface area contributed by atoms with Gasteiger partial charge in [-0.3, -0.25) is 24.6 Å². The normalized spacial score (nSPS) is 17.7. The van der Waals surface area contributed by atoms with Crippen molar-refractivity contribution < 1.29 is 24.0 Å². The number of aliphatic hydroxyl groups excluding tert-OH is 1. The molecule has 9 nitrogen and oxygen atoms in total. The molecule has 2 aromatic carbocycles. The van der Waals surface area contributed by atoms with Crippen LogP contribution in [0.1, 0.15) is 29.1 Å². The van der Waals surface area contributed by atoms with Crippen LogP contribution in [0.25, 0.3) is 5.76 Å². The zero-order valence-electron chi connectivity index (χ0n) is 16.6. The summed E-state index contributed by atoms with van der Waals surface area (Å²) in [5.74, 6) is -2.90. The Morgan fingerprint density at radius 2 is 1.81 bits per heavy atom. The van der Waals surface area contributed by atoms with E-state index in [0.29, 0.717) is 17.0 Å². The van der Waals surface area contributed by atoms with Crippen LogP contribution in [-0.4, -0.2) is 31.9 Å². The molecule has 11 heteroatoms. The Hall–Kier alpha value is -3.99. The molecule has 3 aromatic rings. The molecule has 0 aliphatic carbocycles. The molecule has 0 spiro atoms. The number of ketones is 1. The number of halogens is 1. The second-order valence-electron chi connectivity index (χ2n) is 6.86. The Balaban J connectivity index is 1.91. The molecule has 1 aromatic heterocycles. The minimum absolute atomic E-state index is 0.142. The third-order valence-corrected chi connectivity index (χ3v) is 6.01. The van der Waals surface area contributed by atoms with E-state index in [1.54, 1.807) is 0 Å². The Bertz CT molecular complexity index is 1250. The first kappa shape index (κ1) is 21.2. The first-order valence-electron chi connectivity index (χ1n) is 9.45. The van der Waals surface area contributed by atoms with Crippen molar-refractivity contribution in [1.82, 2.24) is 10.2 Å². The third kappa shape index (κ3) is 3.62. The topological polar surface area (TPSA) is 127 Å². The summed E-state index contributed by atoms with van der Waals surface area (Å²) in [5, 5.41) is 30.7. The van der Waals surface area contributed by atoms with Gasteiger partial charge in [-0.05, 0) is 48.4 Å². The van der Waals surface area contributed by atoms with Gasteiger partial charge in [0.15, 0.2) is 0 Å². The number of nitrogens with zero attached hydrogens (tertiary/aromatic N) is 4. The maximum atomic E-state index is 13.3. The lowest BCUT2D eigenvalue weighted by Gasteiger charge is -2.22. The average molecular weight is 454 g/mol. The molecular formula is C21H15FN4O5S. The maximum absolute atomic E-state index is 13.3. The van der Waals surface area contributed by atoms with E-state index >= 15 is 0 Å². The number of benzene rings is 2. The van der Waals surface area contributed by atoms with Gasteiger partial charge in [0.25, 0.3) is 11.5 Å². The summed E-state index contributed by atoms with van der Waals surface area (Å²) < 4.78 is 13.3. The molecule has 162 valence electrons. The number of anilines is 1. The summed E-state index contributed by atoms with van der Waals surface area (Å²) in [7, 11) is 0. The van der Waals surface area contributed by atoms with Gasteiger partial charge >= 0.3 is 5.91 Å². The van der Waals surface area contributed by atoms with Crippen LogP contribution >= 0.6 is 11.3 Å². The quantitative estimate of drug-likeness (QED) is 0.204. The summed E-state index contributed by atoms with van der Waals surface area (Å²) in [6.45, 7) is 1.86. The summed E-state index contributed by atoms with van der Waals surface area (Å²) in [6, 6.07) is 8.99. The van der Waals surface area contributed by atoms with Crippen LogP contribution in [0, 0.1) is 15.9 Å². The summed E-state index contributed by atoms with van der Waals surface area (Å²) >= 11 is 1.12. The highest BCUT2D eigenvalue weighted by Gasteiger charge is 2.48. The van der Waals surface area contributed by atoms with Crippen molar-refractivity contribution in [2.24, 2.45) is 0 Å². The summed E-state index contributed by atoms with van der Waals surface area (Å²) in [6.07, 6.45) is 0.569. The fraction of sp³-hybridized carbons (Fsp3) is 0.143. The third-order valence-electron chi connectivity index (χ3n) is 4.95. The van der Waals surface area contributed by atoms with Gasteiger partial charge in [0.2, 0.25) is 5.13 Å². The van der Waals surface area contributed by atoms with Crippen molar-refractivity contribution in [3.63, 3.8) is 0 Å². The molecular weight excluding hydrogens is 439 g/mol. The van der Waals surface area contributed by atoms with Gasteiger partial charge < -0.3 is 5.11 Å².